The smallest absolute Gasteiger partial charge is 0.186 e. The van der Waals surface area contributed by atoms with Crippen molar-refractivity contribution in [3.63, 3.8) is 0 Å². The third-order valence-electron chi connectivity index (χ3n) is 1.97. The third kappa shape index (κ3) is 4.18. The van der Waals surface area contributed by atoms with Crippen LogP contribution >= 0.6 is 31.9 Å². The van der Waals surface area contributed by atoms with Crippen LogP contribution in [0, 0.1) is 0 Å². The van der Waals surface area contributed by atoms with E-state index in [9.17, 15) is 0 Å². The first-order valence-electron chi connectivity index (χ1n) is 5.12. The molecule has 0 aliphatic rings. The van der Waals surface area contributed by atoms with Crippen molar-refractivity contribution in [3.05, 3.63) is 40.7 Å². The van der Waals surface area contributed by atoms with E-state index in [1.807, 2.05) is 18.2 Å². The van der Waals surface area contributed by atoms with Gasteiger partial charge in [-0.25, -0.2) is 0 Å². The molecule has 88 valence electrons. The first-order valence-corrected chi connectivity index (χ1v) is 7.03. The lowest BCUT2D eigenvalue weighted by Crippen LogP contribution is -2.17. The SMILES string of the molecule is C=C(NCCC)Oc1ccc(Br)c(CBr)c1. The molecule has 0 amide bonds. The molecule has 0 spiro atoms. The first kappa shape index (κ1) is 13.6. The third-order valence-corrected chi connectivity index (χ3v) is 3.35. The number of hydrogen-bond donors (Lipinski definition) is 1. The highest BCUT2D eigenvalue weighted by atomic mass is 79.9. The predicted molar refractivity (Wildman–Crippen MR) is 74.8 cm³/mol. The second kappa shape index (κ2) is 6.97. The fourth-order valence-corrected chi connectivity index (χ4v) is 2.39. The number of nitrogens with one attached hydrogen (secondary N) is 1. The highest BCUT2D eigenvalue weighted by molar-refractivity contribution is 9.10. The Labute approximate surface area is 113 Å². The first-order chi connectivity index (χ1) is 7.67. The average molecular weight is 349 g/mol. The van der Waals surface area contributed by atoms with Crippen LogP contribution in [0.3, 0.4) is 0 Å². The van der Waals surface area contributed by atoms with E-state index in [-0.39, 0.29) is 0 Å². The summed E-state index contributed by atoms with van der Waals surface area (Å²) in [6, 6.07) is 5.87. The molecule has 4 heteroatoms. The molecule has 16 heavy (non-hydrogen) atoms. The second-order valence-corrected chi connectivity index (χ2v) is 4.75. The number of benzene rings is 1. The zero-order valence-electron chi connectivity index (χ0n) is 9.22. The van der Waals surface area contributed by atoms with Crippen molar-refractivity contribution >= 4 is 31.9 Å². The van der Waals surface area contributed by atoms with Gasteiger partial charge >= 0.3 is 0 Å². The summed E-state index contributed by atoms with van der Waals surface area (Å²) in [6.07, 6.45) is 1.05. The molecule has 0 saturated carbocycles. The highest BCUT2D eigenvalue weighted by Crippen LogP contribution is 2.25. The van der Waals surface area contributed by atoms with E-state index in [1.54, 1.807) is 0 Å². The second-order valence-electron chi connectivity index (χ2n) is 3.34. The van der Waals surface area contributed by atoms with Gasteiger partial charge in [-0.1, -0.05) is 38.8 Å². The minimum Gasteiger partial charge on any atom is -0.442 e. The van der Waals surface area contributed by atoms with Gasteiger partial charge in [-0.05, 0) is 36.8 Å². The molecule has 0 saturated heterocycles. The van der Waals surface area contributed by atoms with Crippen LogP contribution in [0.15, 0.2) is 35.1 Å². The van der Waals surface area contributed by atoms with Crippen LogP contribution in [0.1, 0.15) is 18.9 Å². The molecule has 0 aliphatic heterocycles. The minimum atomic E-state index is 0.588. The molecule has 0 aliphatic carbocycles. The summed E-state index contributed by atoms with van der Waals surface area (Å²) in [6.45, 7) is 6.78. The molecule has 0 fully saturated rings. The lowest BCUT2D eigenvalue weighted by atomic mass is 10.2. The van der Waals surface area contributed by atoms with Crippen LogP contribution < -0.4 is 10.1 Å². The Morgan fingerprint density at radius 1 is 1.50 bits per heavy atom. The van der Waals surface area contributed by atoms with Gasteiger partial charge in [0.15, 0.2) is 5.88 Å². The summed E-state index contributed by atoms with van der Waals surface area (Å²) in [5.74, 6) is 1.39. The van der Waals surface area contributed by atoms with Gasteiger partial charge in [-0.3, -0.25) is 0 Å². The molecular weight excluding hydrogens is 334 g/mol. The van der Waals surface area contributed by atoms with E-state index in [1.165, 1.54) is 0 Å². The summed E-state index contributed by atoms with van der Waals surface area (Å²) in [5.41, 5.74) is 1.15. The van der Waals surface area contributed by atoms with Gasteiger partial charge in [0, 0.05) is 16.3 Å². The molecule has 0 atom stereocenters. The van der Waals surface area contributed by atoms with Gasteiger partial charge in [0.1, 0.15) is 5.75 Å². The summed E-state index contributed by atoms with van der Waals surface area (Å²) < 4.78 is 6.64. The zero-order chi connectivity index (χ0) is 12.0. The predicted octanol–water partition coefficient (Wildman–Crippen LogP) is 4.19. The van der Waals surface area contributed by atoms with Crippen LogP contribution in [0.4, 0.5) is 0 Å². The van der Waals surface area contributed by atoms with Gasteiger partial charge in [0.05, 0.1) is 0 Å². The minimum absolute atomic E-state index is 0.588. The van der Waals surface area contributed by atoms with Crippen LogP contribution in [-0.2, 0) is 5.33 Å². The molecule has 0 heterocycles. The fraction of sp³-hybridized carbons (Fsp3) is 0.333. The van der Waals surface area contributed by atoms with Crippen molar-refractivity contribution in [2.45, 2.75) is 18.7 Å². The molecule has 1 rings (SSSR count). The number of halogens is 2. The molecule has 2 nitrogen and oxygen atoms in total. The van der Waals surface area contributed by atoms with E-state index in [2.05, 4.69) is 50.7 Å². The van der Waals surface area contributed by atoms with Gasteiger partial charge in [-0.2, -0.15) is 0 Å². The van der Waals surface area contributed by atoms with Crippen LogP contribution in [0.5, 0.6) is 5.75 Å². The van der Waals surface area contributed by atoms with Crippen molar-refractivity contribution in [3.8, 4) is 5.75 Å². The van der Waals surface area contributed by atoms with Gasteiger partial charge in [0.2, 0.25) is 0 Å². The number of hydrogen-bond acceptors (Lipinski definition) is 2. The largest absolute Gasteiger partial charge is 0.442 e. The Kier molecular flexibility index (Phi) is 5.91. The Balaban J connectivity index is 2.63. The van der Waals surface area contributed by atoms with Gasteiger partial charge in [-0.15, -0.1) is 0 Å². The van der Waals surface area contributed by atoms with Crippen molar-refractivity contribution in [1.82, 2.24) is 5.32 Å². The molecule has 0 radical (unpaired) electrons. The summed E-state index contributed by atoms with van der Waals surface area (Å²) in [4.78, 5) is 0. The van der Waals surface area contributed by atoms with E-state index in [0.29, 0.717) is 5.88 Å². The quantitative estimate of drug-likeness (QED) is 0.614. The lowest BCUT2D eigenvalue weighted by molar-refractivity contribution is 0.383. The van der Waals surface area contributed by atoms with E-state index >= 15 is 0 Å². The standard InChI is InChI=1S/C12H15Br2NO/c1-3-6-15-9(2)16-11-4-5-12(14)10(7-11)8-13/h4-5,7,15H,2-3,6,8H2,1H3. The van der Waals surface area contributed by atoms with Crippen molar-refractivity contribution in [1.29, 1.82) is 0 Å². The highest BCUT2D eigenvalue weighted by Gasteiger charge is 2.02. The van der Waals surface area contributed by atoms with Crippen molar-refractivity contribution < 1.29 is 4.74 Å². The summed E-state index contributed by atoms with van der Waals surface area (Å²) in [5, 5.41) is 3.88. The van der Waals surface area contributed by atoms with E-state index in [0.717, 1.165) is 34.1 Å². The average Bonchev–Trinajstić information content (AvgIpc) is 2.29. The Hall–Kier alpha value is -0.480. The molecule has 1 aromatic carbocycles. The maximum atomic E-state index is 5.57. The monoisotopic (exact) mass is 347 g/mol. The molecule has 0 unspecified atom stereocenters. The molecule has 1 N–H and O–H groups in total. The van der Waals surface area contributed by atoms with Crippen LogP contribution in [0.2, 0.25) is 0 Å². The fourth-order valence-electron chi connectivity index (χ4n) is 1.16. The van der Waals surface area contributed by atoms with E-state index < -0.39 is 0 Å². The number of ether oxygens (including phenoxy) is 1. The summed E-state index contributed by atoms with van der Waals surface area (Å²) in [7, 11) is 0. The van der Waals surface area contributed by atoms with Gasteiger partial charge < -0.3 is 10.1 Å². The van der Waals surface area contributed by atoms with Gasteiger partial charge in [0.25, 0.3) is 0 Å². The van der Waals surface area contributed by atoms with Crippen molar-refractivity contribution in [2.75, 3.05) is 6.54 Å². The molecule has 1 aromatic rings. The maximum absolute atomic E-state index is 5.57. The molecule has 0 aromatic heterocycles. The lowest BCUT2D eigenvalue weighted by Gasteiger charge is -2.11. The number of alkyl halides is 1. The Morgan fingerprint density at radius 2 is 2.25 bits per heavy atom. The Morgan fingerprint density at radius 3 is 2.88 bits per heavy atom. The van der Waals surface area contributed by atoms with Crippen LogP contribution in [-0.4, -0.2) is 6.54 Å². The van der Waals surface area contributed by atoms with Crippen molar-refractivity contribution in [2.24, 2.45) is 0 Å². The molecule has 0 bridgehead atoms. The van der Waals surface area contributed by atoms with Crippen LogP contribution in [0.25, 0.3) is 0 Å². The number of rotatable bonds is 6. The molecular formula is C12H15Br2NO. The van der Waals surface area contributed by atoms with E-state index in [4.69, 9.17) is 4.74 Å². The maximum Gasteiger partial charge on any atom is 0.186 e. The zero-order valence-corrected chi connectivity index (χ0v) is 12.4. The topological polar surface area (TPSA) is 21.3 Å². The summed E-state index contributed by atoms with van der Waals surface area (Å²) >= 11 is 6.90. The Bertz CT molecular complexity index is 366. The normalized spacial score (nSPS) is 9.94.